The third-order valence-electron chi connectivity index (χ3n) is 2.08. The normalized spacial score (nSPS) is 10.6. The number of halogens is 2. The molecule has 0 saturated carbocycles. The average molecular weight is 209 g/mol. The van der Waals surface area contributed by atoms with Gasteiger partial charge in [-0.1, -0.05) is 6.07 Å². The molecule has 1 heterocycles. The summed E-state index contributed by atoms with van der Waals surface area (Å²) < 4.78 is 26.3. The summed E-state index contributed by atoms with van der Waals surface area (Å²) in [5, 5.41) is 6.48. The van der Waals surface area contributed by atoms with Crippen molar-refractivity contribution in [2.24, 2.45) is 5.73 Å². The Morgan fingerprint density at radius 2 is 2.13 bits per heavy atom. The first kappa shape index (κ1) is 9.79. The lowest BCUT2D eigenvalue weighted by molar-refractivity contribution is 0.511. The monoisotopic (exact) mass is 209 g/mol. The summed E-state index contributed by atoms with van der Waals surface area (Å²) in [4.78, 5) is 0. The second-order valence-electron chi connectivity index (χ2n) is 3.08. The molecule has 3 nitrogen and oxygen atoms in total. The minimum Gasteiger partial charge on any atom is -0.325 e. The molecule has 0 fully saturated rings. The van der Waals surface area contributed by atoms with Crippen molar-refractivity contribution in [2.45, 2.75) is 6.54 Å². The van der Waals surface area contributed by atoms with Gasteiger partial charge in [0.15, 0.2) is 11.6 Å². The third-order valence-corrected chi connectivity index (χ3v) is 2.08. The molecule has 0 amide bonds. The number of aromatic nitrogens is 2. The van der Waals surface area contributed by atoms with E-state index in [0.717, 1.165) is 6.07 Å². The fourth-order valence-electron chi connectivity index (χ4n) is 1.31. The van der Waals surface area contributed by atoms with Crippen LogP contribution in [0.2, 0.25) is 0 Å². The smallest absolute Gasteiger partial charge is 0.168 e. The van der Waals surface area contributed by atoms with Crippen molar-refractivity contribution < 1.29 is 8.78 Å². The molecule has 1 aromatic carbocycles. The van der Waals surface area contributed by atoms with Crippen molar-refractivity contribution >= 4 is 0 Å². The third kappa shape index (κ3) is 1.73. The van der Waals surface area contributed by atoms with Gasteiger partial charge < -0.3 is 5.73 Å². The minimum atomic E-state index is -0.896. The number of benzene rings is 1. The lowest BCUT2D eigenvalue weighted by atomic mass is 10.1. The summed E-state index contributed by atoms with van der Waals surface area (Å²) in [5.74, 6) is -1.78. The SMILES string of the molecule is NCc1cc(-c2cccc(F)c2F)n[nH]1. The van der Waals surface area contributed by atoms with Crippen LogP contribution < -0.4 is 5.73 Å². The Balaban J connectivity index is 2.49. The number of hydrogen-bond donors (Lipinski definition) is 2. The van der Waals surface area contributed by atoms with Crippen LogP contribution in [-0.4, -0.2) is 10.2 Å². The van der Waals surface area contributed by atoms with Gasteiger partial charge in [-0.3, -0.25) is 5.10 Å². The maximum atomic E-state index is 13.3. The maximum Gasteiger partial charge on any atom is 0.168 e. The molecule has 0 aliphatic carbocycles. The summed E-state index contributed by atoms with van der Waals surface area (Å²) >= 11 is 0. The van der Waals surface area contributed by atoms with Crippen molar-refractivity contribution in [3.63, 3.8) is 0 Å². The first-order valence-corrected chi connectivity index (χ1v) is 4.41. The van der Waals surface area contributed by atoms with Crippen molar-refractivity contribution in [1.29, 1.82) is 0 Å². The van der Waals surface area contributed by atoms with Crippen molar-refractivity contribution in [3.05, 3.63) is 41.6 Å². The zero-order valence-electron chi connectivity index (χ0n) is 7.80. The van der Waals surface area contributed by atoms with Crippen molar-refractivity contribution in [1.82, 2.24) is 10.2 Å². The predicted molar refractivity (Wildman–Crippen MR) is 51.8 cm³/mol. The van der Waals surface area contributed by atoms with Crippen molar-refractivity contribution in [2.75, 3.05) is 0 Å². The Morgan fingerprint density at radius 1 is 1.33 bits per heavy atom. The van der Waals surface area contributed by atoms with Gasteiger partial charge in [0.05, 0.1) is 5.69 Å². The molecule has 15 heavy (non-hydrogen) atoms. The number of hydrogen-bond acceptors (Lipinski definition) is 2. The van der Waals surface area contributed by atoms with Crippen LogP contribution in [0.4, 0.5) is 8.78 Å². The summed E-state index contributed by atoms with van der Waals surface area (Å²) in [7, 11) is 0. The fraction of sp³-hybridized carbons (Fsp3) is 0.100. The second kappa shape index (κ2) is 3.78. The van der Waals surface area contributed by atoms with Crippen LogP contribution in [0.15, 0.2) is 24.3 Å². The van der Waals surface area contributed by atoms with Gasteiger partial charge in [0, 0.05) is 17.8 Å². The van der Waals surface area contributed by atoms with Crippen LogP contribution in [0.25, 0.3) is 11.3 Å². The van der Waals surface area contributed by atoms with Gasteiger partial charge in [-0.25, -0.2) is 8.78 Å². The Morgan fingerprint density at radius 3 is 2.80 bits per heavy atom. The van der Waals surface area contributed by atoms with Crippen LogP contribution in [0, 0.1) is 11.6 Å². The van der Waals surface area contributed by atoms with Crippen LogP contribution in [0.5, 0.6) is 0 Å². The molecule has 0 aliphatic rings. The van der Waals surface area contributed by atoms with E-state index in [1.807, 2.05) is 0 Å². The average Bonchev–Trinajstić information content (AvgIpc) is 2.70. The van der Waals surface area contributed by atoms with Gasteiger partial charge in [0.2, 0.25) is 0 Å². The van der Waals surface area contributed by atoms with E-state index >= 15 is 0 Å². The summed E-state index contributed by atoms with van der Waals surface area (Å²) in [6.07, 6.45) is 0. The Hall–Kier alpha value is -1.75. The topological polar surface area (TPSA) is 54.7 Å². The number of nitrogens with two attached hydrogens (primary N) is 1. The first-order chi connectivity index (χ1) is 7.22. The molecule has 3 N–H and O–H groups in total. The predicted octanol–water partition coefficient (Wildman–Crippen LogP) is 1.81. The molecule has 0 saturated heterocycles. The maximum absolute atomic E-state index is 13.3. The van der Waals surface area contributed by atoms with Gasteiger partial charge in [-0.15, -0.1) is 0 Å². The highest BCUT2D eigenvalue weighted by atomic mass is 19.2. The number of nitrogens with one attached hydrogen (secondary N) is 1. The van der Waals surface area contributed by atoms with E-state index in [9.17, 15) is 8.78 Å². The highest BCUT2D eigenvalue weighted by molar-refractivity contribution is 5.60. The second-order valence-corrected chi connectivity index (χ2v) is 3.08. The largest absolute Gasteiger partial charge is 0.325 e. The quantitative estimate of drug-likeness (QED) is 0.792. The summed E-state index contributed by atoms with van der Waals surface area (Å²) in [6.45, 7) is 0.282. The van der Waals surface area contributed by atoms with E-state index < -0.39 is 11.6 Å². The molecular weight excluding hydrogens is 200 g/mol. The molecule has 2 aromatic rings. The molecule has 0 radical (unpaired) electrons. The van der Waals surface area contributed by atoms with Crippen LogP contribution >= 0.6 is 0 Å². The van der Waals surface area contributed by atoms with Crippen LogP contribution in [-0.2, 0) is 6.54 Å². The molecular formula is C10H9F2N3. The molecule has 5 heteroatoms. The van der Waals surface area contributed by atoms with E-state index in [4.69, 9.17) is 5.73 Å². The van der Waals surface area contributed by atoms with Gasteiger partial charge in [0.1, 0.15) is 0 Å². The minimum absolute atomic E-state index is 0.131. The highest BCUT2D eigenvalue weighted by Gasteiger charge is 2.11. The standard InChI is InChI=1S/C10H9F2N3/c11-8-3-1-2-7(10(8)12)9-4-6(5-13)14-15-9/h1-4H,5,13H2,(H,14,15). The first-order valence-electron chi connectivity index (χ1n) is 4.41. The van der Waals surface area contributed by atoms with Gasteiger partial charge in [-0.05, 0) is 18.2 Å². The Kier molecular flexibility index (Phi) is 2.47. The zero-order valence-corrected chi connectivity index (χ0v) is 7.80. The Labute approximate surface area is 84.9 Å². The van der Waals surface area contributed by atoms with Gasteiger partial charge in [-0.2, -0.15) is 5.10 Å². The van der Waals surface area contributed by atoms with E-state index in [2.05, 4.69) is 10.2 Å². The van der Waals surface area contributed by atoms with Gasteiger partial charge >= 0.3 is 0 Å². The number of H-pyrrole nitrogens is 1. The molecule has 2 rings (SSSR count). The van der Waals surface area contributed by atoms with E-state index in [1.165, 1.54) is 12.1 Å². The van der Waals surface area contributed by atoms with Crippen LogP contribution in [0.1, 0.15) is 5.69 Å². The highest BCUT2D eigenvalue weighted by Crippen LogP contribution is 2.22. The van der Waals surface area contributed by atoms with Crippen molar-refractivity contribution in [3.8, 4) is 11.3 Å². The summed E-state index contributed by atoms with van der Waals surface area (Å²) in [5.41, 5.74) is 6.53. The molecule has 0 unspecified atom stereocenters. The van der Waals surface area contributed by atoms with Crippen LogP contribution in [0.3, 0.4) is 0 Å². The zero-order chi connectivity index (χ0) is 10.8. The van der Waals surface area contributed by atoms with E-state index in [-0.39, 0.29) is 12.1 Å². The van der Waals surface area contributed by atoms with Gasteiger partial charge in [0.25, 0.3) is 0 Å². The molecule has 1 aromatic heterocycles. The number of rotatable bonds is 2. The molecule has 0 aliphatic heterocycles. The van der Waals surface area contributed by atoms with E-state index in [0.29, 0.717) is 11.4 Å². The van der Waals surface area contributed by atoms with E-state index in [1.54, 1.807) is 6.07 Å². The lowest BCUT2D eigenvalue weighted by Crippen LogP contribution is -1.95. The Bertz CT molecular complexity index is 479. The summed E-state index contributed by atoms with van der Waals surface area (Å²) in [6, 6.07) is 5.56. The molecule has 0 spiro atoms. The number of nitrogens with zero attached hydrogens (tertiary/aromatic N) is 1. The molecule has 0 bridgehead atoms. The lowest BCUT2D eigenvalue weighted by Gasteiger charge is -1.98. The number of aromatic amines is 1. The molecule has 78 valence electrons. The fourth-order valence-corrected chi connectivity index (χ4v) is 1.31. The molecule has 0 atom stereocenters.